The van der Waals surface area contributed by atoms with Gasteiger partial charge in [-0.3, -0.25) is 0 Å². The summed E-state index contributed by atoms with van der Waals surface area (Å²) >= 11 is 3.42. The van der Waals surface area contributed by atoms with Crippen LogP contribution in [0.4, 0.5) is 0 Å². The first-order chi connectivity index (χ1) is 6.88. The van der Waals surface area contributed by atoms with Crippen LogP contribution in [0.25, 0.3) is 0 Å². The molecule has 1 fully saturated rings. The third kappa shape index (κ3) is 2.11. The number of carbonyl (C=O) groups is 1. The third-order valence-corrected chi connectivity index (χ3v) is 3.44. The molecule has 15 heavy (non-hydrogen) atoms. The molecular weight excluding hydrogens is 260 g/mol. The van der Waals surface area contributed by atoms with Crippen LogP contribution in [0.3, 0.4) is 0 Å². The summed E-state index contributed by atoms with van der Waals surface area (Å²) in [6, 6.07) is 0. The fraction of sp³-hybridized carbons (Fsp3) is 0.727. The molecule has 0 spiro atoms. The molecule has 0 radical (unpaired) electrons. The van der Waals surface area contributed by atoms with E-state index in [1.807, 2.05) is 20.8 Å². The van der Waals surface area contributed by atoms with Crippen LogP contribution in [0.5, 0.6) is 0 Å². The molecule has 0 aromatic rings. The molecule has 2 aliphatic rings. The minimum absolute atomic E-state index is 0.0563. The predicted octanol–water partition coefficient (Wildman–Crippen LogP) is 2.54. The van der Waals surface area contributed by atoms with Gasteiger partial charge in [-0.05, 0) is 33.6 Å². The molecule has 2 rings (SSSR count). The van der Waals surface area contributed by atoms with Crippen LogP contribution in [0.1, 0.15) is 33.6 Å². The van der Waals surface area contributed by atoms with Crippen molar-refractivity contribution in [3.8, 4) is 0 Å². The highest BCUT2D eigenvalue weighted by atomic mass is 79.9. The quantitative estimate of drug-likeness (QED) is 0.690. The summed E-state index contributed by atoms with van der Waals surface area (Å²) in [6.07, 6.45) is 1.95. The Hall–Kier alpha value is -0.350. The molecule has 0 aromatic heterocycles. The van der Waals surface area contributed by atoms with Crippen LogP contribution in [0, 0.1) is 0 Å². The van der Waals surface area contributed by atoms with Gasteiger partial charge in [0, 0.05) is 4.48 Å². The van der Waals surface area contributed by atoms with E-state index in [0.29, 0.717) is 5.57 Å². The van der Waals surface area contributed by atoms with E-state index in [0.717, 1.165) is 17.3 Å². The van der Waals surface area contributed by atoms with Crippen molar-refractivity contribution in [2.45, 2.75) is 51.4 Å². The zero-order valence-corrected chi connectivity index (χ0v) is 10.8. The van der Waals surface area contributed by atoms with E-state index < -0.39 is 5.60 Å². The minimum Gasteiger partial charge on any atom is -0.457 e. The maximum Gasteiger partial charge on any atom is 0.338 e. The molecule has 0 saturated carbocycles. The molecule has 2 bridgehead atoms. The van der Waals surface area contributed by atoms with E-state index in [-0.39, 0.29) is 18.2 Å². The number of hydrogen-bond donors (Lipinski definition) is 0. The number of hydrogen-bond acceptors (Lipinski definition) is 3. The van der Waals surface area contributed by atoms with Gasteiger partial charge in [-0.2, -0.15) is 0 Å². The van der Waals surface area contributed by atoms with Crippen molar-refractivity contribution in [1.82, 2.24) is 0 Å². The number of fused-ring (bicyclic) bond motifs is 2. The molecular formula is C11H15BrO3. The van der Waals surface area contributed by atoms with Gasteiger partial charge < -0.3 is 9.47 Å². The molecule has 2 aliphatic heterocycles. The maximum absolute atomic E-state index is 11.9. The summed E-state index contributed by atoms with van der Waals surface area (Å²) in [5, 5.41) is 0. The van der Waals surface area contributed by atoms with Crippen LogP contribution < -0.4 is 0 Å². The number of halogens is 1. The van der Waals surface area contributed by atoms with Gasteiger partial charge in [0.2, 0.25) is 0 Å². The Morgan fingerprint density at radius 2 is 2.00 bits per heavy atom. The number of ether oxygens (including phenoxy) is 2. The SMILES string of the molecule is CC(C)(C)OC(=O)C1=C(Br)C2CCC1O2. The normalized spacial score (nSPS) is 29.9. The second kappa shape index (κ2) is 3.59. The lowest BCUT2D eigenvalue weighted by Crippen LogP contribution is -2.28. The molecule has 0 aliphatic carbocycles. The average molecular weight is 275 g/mol. The second-order valence-corrected chi connectivity index (χ2v) is 5.81. The third-order valence-electron chi connectivity index (χ3n) is 2.50. The lowest BCUT2D eigenvalue weighted by atomic mass is 9.99. The van der Waals surface area contributed by atoms with Crippen LogP contribution in [0.2, 0.25) is 0 Å². The van der Waals surface area contributed by atoms with Crippen molar-refractivity contribution < 1.29 is 14.3 Å². The van der Waals surface area contributed by atoms with Crippen molar-refractivity contribution in [2.75, 3.05) is 0 Å². The van der Waals surface area contributed by atoms with Gasteiger partial charge in [-0.1, -0.05) is 15.9 Å². The second-order valence-electron chi connectivity index (χ2n) is 4.95. The van der Waals surface area contributed by atoms with Crippen LogP contribution in [0.15, 0.2) is 10.1 Å². The lowest BCUT2D eigenvalue weighted by Gasteiger charge is -2.21. The summed E-state index contributed by atoms with van der Waals surface area (Å²) in [5.41, 5.74) is 0.236. The van der Waals surface area contributed by atoms with E-state index in [1.54, 1.807) is 0 Å². The first kappa shape index (κ1) is 11.1. The summed E-state index contributed by atoms with van der Waals surface area (Å²) < 4.78 is 11.8. The molecule has 0 amide bonds. The zero-order valence-electron chi connectivity index (χ0n) is 9.17. The Morgan fingerprint density at radius 1 is 1.40 bits per heavy atom. The molecule has 4 heteroatoms. The van der Waals surface area contributed by atoms with Gasteiger partial charge >= 0.3 is 5.97 Å². The maximum atomic E-state index is 11.9. The van der Waals surface area contributed by atoms with Gasteiger partial charge in [-0.15, -0.1) is 0 Å². The van der Waals surface area contributed by atoms with E-state index in [1.165, 1.54) is 0 Å². The highest BCUT2D eigenvalue weighted by Gasteiger charge is 2.43. The largest absolute Gasteiger partial charge is 0.457 e. The molecule has 2 atom stereocenters. The predicted molar refractivity (Wildman–Crippen MR) is 59.7 cm³/mol. The lowest BCUT2D eigenvalue weighted by molar-refractivity contribution is -0.150. The van der Waals surface area contributed by atoms with E-state index in [2.05, 4.69) is 15.9 Å². The Labute approximate surface area is 97.9 Å². The van der Waals surface area contributed by atoms with Crippen molar-refractivity contribution in [3.05, 3.63) is 10.1 Å². The summed E-state index contributed by atoms with van der Waals surface area (Å²) in [6.45, 7) is 5.61. The van der Waals surface area contributed by atoms with Gasteiger partial charge in [0.05, 0.1) is 17.8 Å². The van der Waals surface area contributed by atoms with Crippen LogP contribution in [-0.4, -0.2) is 23.8 Å². The van der Waals surface area contributed by atoms with Crippen LogP contribution in [-0.2, 0) is 14.3 Å². The number of rotatable bonds is 1. The molecule has 84 valence electrons. The molecule has 1 saturated heterocycles. The van der Waals surface area contributed by atoms with E-state index >= 15 is 0 Å². The Morgan fingerprint density at radius 3 is 2.47 bits per heavy atom. The smallest absolute Gasteiger partial charge is 0.338 e. The van der Waals surface area contributed by atoms with Crippen molar-refractivity contribution in [1.29, 1.82) is 0 Å². The average Bonchev–Trinajstić information content (AvgIpc) is 2.59. The summed E-state index contributed by atoms with van der Waals surface area (Å²) in [5.74, 6) is -0.249. The Kier molecular flexibility index (Phi) is 2.67. The fourth-order valence-electron chi connectivity index (χ4n) is 1.93. The number of esters is 1. The van der Waals surface area contributed by atoms with Crippen LogP contribution >= 0.6 is 15.9 Å². The molecule has 0 aromatic carbocycles. The monoisotopic (exact) mass is 274 g/mol. The number of carbonyl (C=O) groups excluding carboxylic acids is 1. The topological polar surface area (TPSA) is 35.5 Å². The van der Waals surface area contributed by atoms with Gasteiger partial charge in [0.15, 0.2) is 0 Å². The molecule has 3 nitrogen and oxygen atoms in total. The van der Waals surface area contributed by atoms with Crippen molar-refractivity contribution in [3.63, 3.8) is 0 Å². The first-order valence-electron chi connectivity index (χ1n) is 5.17. The Bertz CT molecular complexity index is 327. The highest BCUT2D eigenvalue weighted by molar-refractivity contribution is 9.11. The molecule has 2 heterocycles. The minimum atomic E-state index is -0.445. The molecule has 2 unspecified atom stereocenters. The standard InChI is InChI=1S/C11H15BrO3/c1-11(2,3)15-10(13)8-6-4-5-7(14-6)9(8)12/h6-7H,4-5H2,1-3H3. The first-order valence-corrected chi connectivity index (χ1v) is 5.96. The molecule has 0 N–H and O–H groups in total. The van der Waals surface area contributed by atoms with Crippen molar-refractivity contribution >= 4 is 21.9 Å². The zero-order chi connectivity index (χ0) is 11.2. The van der Waals surface area contributed by atoms with Gasteiger partial charge in [0.1, 0.15) is 5.60 Å². The van der Waals surface area contributed by atoms with Gasteiger partial charge in [0.25, 0.3) is 0 Å². The fourth-order valence-corrected chi connectivity index (χ4v) is 2.68. The highest BCUT2D eigenvalue weighted by Crippen LogP contribution is 2.42. The summed E-state index contributed by atoms with van der Waals surface area (Å²) in [4.78, 5) is 11.9. The van der Waals surface area contributed by atoms with Gasteiger partial charge in [-0.25, -0.2) is 4.79 Å². The Balaban J connectivity index is 2.15. The summed E-state index contributed by atoms with van der Waals surface area (Å²) in [7, 11) is 0. The van der Waals surface area contributed by atoms with E-state index in [4.69, 9.17) is 9.47 Å². The van der Waals surface area contributed by atoms with Crippen molar-refractivity contribution in [2.24, 2.45) is 0 Å². The van der Waals surface area contributed by atoms with E-state index in [9.17, 15) is 4.79 Å².